The zero-order valence-corrected chi connectivity index (χ0v) is 11.9. The lowest BCUT2D eigenvalue weighted by atomic mass is 10.1. The zero-order chi connectivity index (χ0) is 13.7. The number of aromatic nitrogens is 1. The van der Waals surface area contributed by atoms with E-state index >= 15 is 0 Å². The molecular weight excluding hydrogens is 260 g/mol. The van der Waals surface area contributed by atoms with Gasteiger partial charge < -0.3 is 15.2 Å². The summed E-state index contributed by atoms with van der Waals surface area (Å²) in [5.74, 6) is 0.804. The minimum Gasteiger partial charge on any atom is -0.491 e. The maximum atomic E-state index is 6.29. The minimum atomic E-state index is -0.204. The fraction of sp³-hybridized carbons (Fsp3) is 0.357. The van der Waals surface area contributed by atoms with Crippen LogP contribution in [0.4, 0.5) is 0 Å². The summed E-state index contributed by atoms with van der Waals surface area (Å²) in [7, 11) is 1.65. The van der Waals surface area contributed by atoms with Crippen LogP contribution in [0.15, 0.2) is 30.5 Å². The Hall–Kier alpha value is -1.43. The molecule has 1 atom stereocenters. The highest BCUT2D eigenvalue weighted by Crippen LogP contribution is 2.30. The molecular formula is C14H18N2O2S. The molecule has 1 heterocycles. The summed E-state index contributed by atoms with van der Waals surface area (Å²) in [6.45, 7) is 3.05. The number of thiazole rings is 1. The van der Waals surface area contributed by atoms with Crippen molar-refractivity contribution in [3.63, 3.8) is 0 Å². The number of ether oxygens (including phenoxy) is 2. The first kappa shape index (κ1) is 14.0. The Bertz CT molecular complexity index is 528. The van der Waals surface area contributed by atoms with Gasteiger partial charge in [0.15, 0.2) is 0 Å². The first-order valence-electron chi connectivity index (χ1n) is 6.11. The van der Waals surface area contributed by atoms with E-state index in [1.54, 1.807) is 18.4 Å². The lowest BCUT2D eigenvalue weighted by molar-refractivity contribution is 0.145. The molecule has 19 heavy (non-hydrogen) atoms. The summed E-state index contributed by atoms with van der Waals surface area (Å²) in [6.07, 6.45) is 1.83. The highest BCUT2D eigenvalue weighted by Gasteiger charge is 2.16. The van der Waals surface area contributed by atoms with Crippen LogP contribution in [0.3, 0.4) is 0 Å². The molecule has 0 fully saturated rings. The summed E-state index contributed by atoms with van der Waals surface area (Å²) in [5.41, 5.74) is 7.27. The van der Waals surface area contributed by atoms with Gasteiger partial charge in [0.2, 0.25) is 0 Å². The third kappa shape index (κ3) is 3.53. The Morgan fingerprint density at radius 3 is 2.79 bits per heavy atom. The zero-order valence-electron chi connectivity index (χ0n) is 11.1. The standard InChI is InChI=1S/C14H18N2O2S/c1-10-16-9-13(19-10)14(15)11-5-3-4-6-12(11)18-8-7-17-2/h3-6,9,14H,7-8,15H2,1-2H3. The highest BCUT2D eigenvalue weighted by molar-refractivity contribution is 7.11. The molecule has 0 bridgehead atoms. The van der Waals surface area contributed by atoms with Crippen molar-refractivity contribution in [2.75, 3.05) is 20.3 Å². The maximum Gasteiger partial charge on any atom is 0.124 e. The number of hydrogen-bond donors (Lipinski definition) is 1. The topological polar surface area (TPSA) is 57.4 Å². The minimum absolute atomic E-state index is 0.204. The van der Waals surface area contributed by atoms with Crippen molar-refractivity contribution in [2.45, 2.75) is 13.0 Å². The van der Waals surface area contributed by atoms with Crippen molar-refractivity contribution in [2.24, 2.45) is 5.73 Å². The average molecular weight is 278 g/mol. The van der Waals surface area contributed by atoms with Gasteiger partial charge in [0.1, 0.15) is 12.4 Å². The van der Waals surface area contributed by atoms with Gasteiger partial charge in [-0.25, -0.2) is 4.98 Å². The second-order valence-corrected chi connectivity index (χ2v) is 5.40. The molecule has 1 unspecified atom stereocenters. The van der Waals surface area contributed by atoms with Gasteiger partial charge in [0.05, 0.1) is 17.7 Å². The Morgan fingerprint density at radius 2 is 2.11 bits per heavy atom. The highest BCUT2D eigenvalue weighted by atomic mass is 32.1. The van der Waals surface area contributed by atoms with Crippen LogP contribution < -0.4 is 10.5 Å². The van der Waals surface area contributed by atoms with Crippen LogP contribution in [0, 0.1) is 6.92 Å². The molecule has 102 valence electrons. The summed E-state index contributed by atoms with van der Waals surface area (Å²) < 4.78 is 10.7. The molecule has 0 aliphatic rings. The number of nitrogens with zero attached hydrogens (tertiary/aromatic N) is 1. The Morgan fingerprint density at radius 1 is 1.32 bits per heavy atom. The number of methoxy groups -OCH3 is 1. The average Bonchev–Trinajstić information content (AvgIpc) is 2.85. The Balaban J connectivity index is 2.18. The first-order chi connectivity index (χ1) is 9.22. The van der Waals surface area contributed by atoms with E-state index in [9.17, 15) is 0 Å². The predicted octanol–water partition coefficient (Wildman–Crippen LogP) is 2.52. The van der Waals surface area contributed by atoms with Gasteiger partial charge in [-0.3, -0.25) is 0 Å². The van der Waals surface area contributed by atoms with Gasteiger partial charge in [-0.05, 0) is 13.0 Å². The van der Waals surface area contributed by atoms with Gasteiger partial charge >= 0.3 is 0 Å². The molecule has 0 amide bonds. The van der Waals surface area contributed by atoms with Crippen molar-refractivity contribution in [3.05, 3.63) is 45.9 Å². The monoisotopic (exact) mass is 278 g/mol. The van der Waals surface area contributed by atoms with E-state index < -0.39 is 0 Å². The fourth-order valence-corrected chi connectivity index (χ4v) is 2.58. The number of rotatable bonds is 6. The van der Waals surface area contributed by atoms with Crippen molar-refractivity contribution in [3.8, 4) is 5.75 Å². The third-order valence-corrected chi connectivity index (χ3v) is 3.74. The van der Waals surface area contributed by atoms with Crippen molar-refractivity contribution >= 4 is 11.3 Å². The van der Waals surface area contributed by atoms with Crippen LogP contribution in [0.2, 0.25) is 0 Å². The Labute approximate surface area is 117 Å². The molecule has 2 aromatic rings. The van der Waals surface area contributed by atoms with Crippen molar-refractivity contribution in [1.29, 1.82) is 0 Å². The molecule has 2 N–H and O–H groups in total. The SMILES string of the molecule is COCCOc1ccccc1C(N)c1cnc(C)s1. The van der Waals surface area contributed by atoms with Crippen LogP contribution in [0.5, 0.6) is 5.75 Å². The van der Waals surface area contributed by atoms with Gasteiger partial charge in [-0.15, -0.1) is 11.3 Å². The predicted molar refractivity (Wildman–Crippen MR) is 76.7 cm³/mol. The molecule has 0 saturated carbocycles. The molecule has 0 saturated heterocycles. The van der Waals surface area contributed by atoms with E-state index in [2.05, 4.69) is 4.98 Å². The molecule has 0 aliphatic heterocycles. The van der Waals surface area contributed by atoms with E-state index in [0.29, 0.717) is 13.2 Å². The lowest BCUT2D eigenvalue weighted by Gasteiger charge is -2.15. The molecule has 0 spiro atoms. The Kier molecular flexibility index (Phi) is 4.90. The molecule has 0 aliphatic carbocycles. The molecule has 1 aromatic heterocycles. The van der Waals surface area contributed by atoms with Gasteiger partial charge in [-0.1, -0.05) is 18.2 Å². The third-order valence-electron chi connectivity index (χ3n) is 2.74. The van der Waals surface area contributed by atoms with E-state index in [0.717, 1.165) is 21.2 Å². The van der Waals surface area contributed by atoms with Gasteiger partial charge in [0.25, 0.3) is 0 Å². The van der Waals surface area contributed by atoms with Crippen molar-refractivity contribution in [1.82, 2.24) is 4.98 Å². The van der Waals surface area contributed by atoms with Crippen LogP contribution in [0.1, 0.15) is 21.5 Å². The van der Waals surface area contributed by atoms with E-state index in [4.69, 9.17) is 15.2 Å². The smallest absolute Gasteiger partial charge is 0.124 e. The lowest BCUT2D eigenvalue weighted by Crippen LogP contribution is -2.13. The summed E-state index contributed by atoms with van der Waals surface area (Å²) in [5, 5.41) is 1.02. The quantitative estimate of drug-likeness (QED) is 0.825. The molecule has 0 radical (unpaired) electrons. The first-order valence-corrected chi connectivity index (χ1v) is 6.92. The largest absolute Gasteiger partial charge is 0.491 e. The number of para-hydroxylation sites is 1. The van der Waals surface area contributed by atoms with Crippen LogP contribution in [-0.2, 0) is 4.74 Å². The van der Waals surface area contributed by atoms with Crippen LogP contribution >= 0.6 is 11.3 Å². The number of hydrogen-bond acceptors (Lipinski definition) is 5. The summed E-state index contributed by atoms with van der Waals surface area (Å²) >= 11 is 1.61. The molecule has 5 heteroatoms. The fourth-order valence-electron chi connectivity index (χ4n) is 1.78. The second-order valence-electron chi connectivity index (χ2n) is 4.14. The van der Waals surface area contributed by atoms with Crippen molar-refractivity contribution < 1.29 is 9.47 Å². The van der Waals surface area contributed by atoms with E-state index in [1.807, 2.05) is 37.4 Å². The molecule has 2 rings (SSSR count). The molecule has 4 nitrogen and oxygen atoms in total. The van der Waals surface area contributed by atoms with E-state index in [1.165, 1.54) is 0 Å². The second kappa shape index (κ2) is 6.65. The van der Waals surface area contributed by atoms with Crippen LogP contribution in [-0.4, -0.2) is 25.3 Å². The summed E-state index contributed by atoms with van der Waals surface area (Å²) in [4.78, 5) is 5.29. The van der Waals surface area contributed by atoms with Gasteiger partial charge in [-0.2, -0.15) is 0 Å². The normalized spacial score (nSPS) is 12.4. The summed E-state index contributed by atoms with van der Waals surface area (Å²) in [6, 6.07) is 7.62. The maximum absolute atomic E-state index is 6.29. The van der Waals surface area contributed by atoms with Crippen LogP contribution in [0.25, 0.3) is 0 Å². The van der Waals surface area contributed by atoms with E-state index in [-0.39, 0.29) is 6.04 Å². The number of nitrogens with two attached hydrogens (primary N) is 1. The number of aryl methyl sites for hydroxylation is 1. The number of benzene rings is 1. The molecule has 1 aromatic carbocycles. The van der Waals surface area contributed by atoms with Gasteiger partial charge in [0, 0.05) is 23.7 Å².